The van der Waals surface area contributed by atoms with Gasteiger partial charge in [-0.25, -0.2) is 4.99 Å². The van der Waals surface area contributed by atoms with E-state index in [2.05, 4.69) is 29.3 Å². The van der Waals surface area contributed by atoms with Gasteiger partial charge in [-0.2, -0.15) is 0 Å². The van der Waals surface area contributed by atoms with Gasteiger partial charge in [0.25, 0.3) is 0 Å². The zero-order chi connectivity index (χ0) is 13.4. The molecule has 0 aromatic heterocycles. The lowest BCUT2D eigenvalue weighted by Crippen LogP contribution is -2.01. The second kappa shape index (κ2) is 4.42. The van der Waals surface area contributed by atoms with Gasteiger partial charge < -0.3 is 0 Å². The predicted molar refractivity (Wildman–Crippen MR) is 82.9 cm³/mol. The first-order chi connectivity index (χ1) is 9.93. The molecule has 2 nitrogen and oxygen atoms in total. The summed E-state index contributed by atoms with van der Waals surface area (Å²) in [5, 5.41) is 0. The number of nitrogens with zero attached hydrogens (tertiary/aromatic N) is 2. The maximum Gasteiger partial charge on any atom is 0.0804 e. The molecule has 0 saturated carbocycles. The van der Waals surface area contributed by atoms with E-state index in [0.29, 0.717) is 0 Å². The van der Waals surface area contributed by atoms with Crippen molar-refractivity contribution in [2.24, 2.45) is 9.98 Å². The van der Waals surface area contributed by atoms with Gasteiger partial charge in [-0.15, -0.1) is 0 Å². The van der Waals surface area contributed by atoms with Gasteiger partial charge in [-0.05, 0) is 0 Å². The zero-order valence-corrected chi connectivity index (χ0v) is 10.8. The fourth-order valence-electron chi connectivity index (χ4n) is 2.57. The second-order valence-electron chi connectivity index (χ2n) is 4.78. The number of hydrogen-bond donors (Lipinski definition) is 0. The van der Waals surface area contributed by atoms with Crippen molar-refractivity contribution in [1.82, 2.24) is 0 Å². The van der Waals surface area contributed by atoms with E-state index in [-0.39, 0.29) is 0 Å². The smallest absolute Gasteiger partial charge is 0.0804 e. The SMILES string of the molecule is C1=NC=C2C(c3ccccc3)=NC(c3ccccc3)=C12. The van der Waals surface area contributed by atoms with E-state index in [1.807, 2.05) is 48.8 Å². The Morgan fingerprint density at radius 3 is 2.05 bits per heavy atom. The molecule has 2 aliphatic rings. The molecule has 20 heavy (non-hydrogen) atoms. The Balaban J connectivity index is 1.87. The standard InChI is InChI=1S/C18H12N2/c1-3-7-13(8-4-1)17-15-11-19-12-16(15)18(20-17)14-9-5-2-6-10-14/h1-12H. The summed E-state index contributed by atoms with van der Waals surface area (Å²) < 4.78 is 0. The number of aliphatic imine (C=N–C) groups is 2. The number of allylic oxidation sites excluding steroid dienone is 2. The Morgan fingerprint density at radius 2 is 1.35 bits per heavy atom. The zero-order valence-electron chi connectivity index (χ0n) is 10.8. The Hall–Kier alpha value is -2.74. The van der Waals surface area contributed by atoms with Crippen molar-refractivity contribution in [2.75, 3.05) is 0 Å². The fourth-order valence-corrected chi connectivity index (χ4v) is 2.57. The van der Waals surface area contributed by atoms with E-state index in [1.54, 1.807) is 0 Å². The summed E-state index contributed by atoms with van der Waals surface area (Å²) in [5.41, 5.74) is 6.53. The van der Waals surface area contributed by atoms with E-state index in [9.17, 15) is 0 Å². The fraction of sp³-hybridized carbons (Fsp3) is 0. The van der Waals surface area contributed by atoms with Crippen LogP contribution in [0.4, 0.5) is 0 Å². The van der Waals surface area contributed by atoms with Crippen LogP contribution in [0.5, 0.6) is 0 Å². The largest absolute Gasteiger partial charge is 0.263 e. The van der Waals surface area contributed by atoms with Crippen LogP contribution < -0.4 is 0 Å². The summed E-state index contributed by atoms with van der Waals surface area (Å²) in [6.07, 6.45) is 3.80. The van der Waals surface area contributed by atoms with E-state index in [4.69, 9.17) is 4.99 Å². The van der Waals surface area contributed by atoms with E-state index < -0.39 is 0 Å². The first-order valence-electron chi connectivity index (χ1n) is 6.61. The first-order valence-corrected chi connectivity index (χ1v) is 6.61. The average Bonchev–Trinajstić information content (AvgIpc) is 3.11. The molecule has 2 heteroatoms. The molecular weight excluding hydrogens is 244 g/mol. The summed E-state index contributed by atoms with van der Waals surface area (Å²) in [6.45, 7) is 0. The molecule has 4 rings (SSSR count). The van der Waals surface area contributed by atoms with Crippen LogP contribution in [0.3, 0.4) is 0 Å². The van der Waals surface area contributed by atoms with Gasteiger partial charge in [0, 0.05) is 34.7 Å². The molecular formula is C18H12N2. The highest BCUT2D eigenvalue weighted by atomic mass is 14.8. The Morgan fingerprint density at radius 1 is 0.700 bits per heavy atom. The van der Waals surface area contributed by atoms with Crippen LogP contribution in [-0.2, 0) is 0 Å². The van der Waals surface area contributed by atoms with Gasteiger partial charge >= 0.3 is 0 Å². The van der Waals surface area contributed by atoms with Crippen molar-refractivity contribution in [2.45, 2.75) is 0 Å². The van der Waals surface area contributed by atoms with Crippen molar-refractivity contribution >= 4 is 17.6 Å². The molecule has 0 unspecified atom stereocenters. The molecule has 0 fully saturated rings. The van der Waals surface area contributed by atoms with Crippen molar-refractivity contribution in [3.63, 3.8) is 0 Å². The predicted octanol–water partition coefficient (Wildman–Crippen LogP) is 3.87. The number of benzene rings is 2. The molecule has 0 N–H and O–H groups in total. The van der Waals surface area contributed by atoms with Gasteiger partial charge in [-0.3, -0.25) is 4.99 Å². The Bertz CT molecular complexity index is 779. The van der Waals surface area contributed by atoms with Gasteiger partial charge in [0.15, 0.2) is 0 Å². The van der Waals surface area contributed by atoms with Gasteiger partial charge in [0.1, 0.15) is 0 Å². The molecule has 94 valence electrons. The van der Waals surface area contributed by atoms with Crippen LogP contribution in [0.25, 0.3) is 5.70 Å². The third-order valence-electron chi connectivity index (χ3n) is 3.53. The highest BCUT2D eigenvalue weighted by Gasteiger charge is 2.26. The Labute approximate surface area is 117 Å². The second-order valence-corrected chi connectivity index (χ2v) is 4.78. The highest BCUT2D eigenvalue weighted by molar-refractivity contribution is 6.27. The number of hydrogen-bond acceptors (Lipinski definition) is 2. The van der Waals surface area contributed by atoms with Crippen LogP contribution in [0, 0.1) is 0 Å². The third-order valence-corrected chi connectivity index (χ3v) is 3.53. The minimum atomic E-state index is 1.01. The molecule has 0 radical (unpaired) electrons. The van der Waals surface area contributed by atoms with Crippen LogP contribution in [0.15, 0.2) is 88.0 Å². The van der Waals surface area contributed by atoms with Gasteiger partial charge in [-0.1, -0.05) is 60.7 Å². The van der Waals surface area contributed by atoms with Crippen LogP contribution in [-0.4, -0.2) is 11.9 Å². The average molecular weight is 256 g/mol. The summed E-state index contributed by atoms with van der Waals surface area (Å²) in [6, 6.07) is 20.5. The molecule has 0 amide bonds. The molecule has 2 aromatic carbocycles. The van der Waals surface area contributed by atoms with Gasteiger partial charge in [0.2, 0.25) is 0 Å². The summed E-state index contributed by atoms with van der Waals surface area (Å²) in [4.78, 5) is 9.14. The Kier molecular flexibility index (Phi) is 2.46. The minimum Gasteiger partial charge on any atom is -0.263 e. The molecule has 0 bridgehead atoms. The van der Waals surface area contributed by atoms with Crippen molar-refractivity contribution in [1.29, 1.82) is 0 Å². The summed E-state index contributed by atoms with van der Waals surface area (Å²) in [5.74, 6) is 0. The molecule has 2 aromatic rings. The van der Waals surface area contributed by atoms with Crippen molar-refractivity contribution < 1.29 is 0 Å². The highest BCUT2D eigenvalue weighted by Crippen LogP contribution is 2.35. The lowest BCUT2D eigenvalue weighted by Gasteiger charge is -2.01. The normalized spacial score (nSPS) is 16.2. The first kappa shape index (κ1) is 11.1. The van der Waals surface area contributed by atoms with Crippen LogP contribution in [0.2, 0.25) is 0 Å². The molecule has 2 aliphatic heterocycles. The van der Waals surface area contributed by atoms with Gasteiger partial charge in [0.05, 0.1) is 11.4 Å². The van der Waals surface area contributed by atoms with Crippen LogP contribution in [0.1, 0.15) is 11.1 Å². The molecule has 0 saturated heterocycles. The van der Waals surface area contributed by atoms with Crippen LogP contribution >= 0.6 is 0 Å². The number of fused-ring (bicyclic) bond motifs is 1. The molecule has 2 heterocycles. The monoisotopic (exact) mass is 256 g/mol. The summed E-state index contributed by atoms with van der Waals surface area (Å²) >= 11 is 0. The quantitative estimate of drug-likeness (QED) is 0.779. The molecule has 0 aliphatic carbocycles. The van der Waals surface area contributed by atoms with Crippen molar-refractivity contribution in [3.05, 3.63) is 89.1 Å². The lowest BCUT2D eigenvalue weighted by molar-refractivity contribution is 1.51. The maximum atomic E-state index is 4.85. The number of rotatable bonds is 2. The molecule has 0 spiro atoms. The third kappa shape index (κ3) is 1.66. The minimum absolute atomic E-state index is 1.01. The lowest BCUT2D eigenvalue weighted by atomic mass is 9.99. The van der Waals surface area contributed by atoms with E-state index >= 15 is 0 Å². The summed E-state index contributed by atoms with van der Waals surface area (Å²) in [7, 11) is 0. The van der Waals surface area contributed by atoms with E-state index in [0.717, 1.165) is 33.7 Å². The van der Waals surface area contributed by atoms with Crippen molar-refractivity contribution in [3.8, 4) is 0 Å². The topological polar surface area (TPSA) is 24.7 Å². The molecule has 0 atom stereocenters. The maximum absolute atomic E-state index is 4.85. The van der Waals surface area contributed by atoms with E-state index in [1.165, 1.54) is 0 Å².